The van der Waals surface area contributed by atoms with Gasteiger partial charge in [0.2, 0.25) is 0 Å². The third kappa shape index (κ3) is 3.97. The number of rotatable bonds is 5. The molecule has 5 heteroatoms. The molecule has 1 saturated carbocycles. The molecule has 2 fully saturated rings. The standard InChI is InChI=1S/C18H29ClN4/c1-17(2)7-5-11-23(13-17)16-12-14(19)20-15(21-16)6-8-18(9-10-18)22(3)4/h12H,5-11,13H2,1-4H3. The Morgan fingerprint density at radius 1 is 1.22 bits per heavy atom. The van der Waals surface area contributed by atoms with Crippen molar-refractivity contribution in [2.24, 2.45) is 5.41 Å². The van der Waals surface area contributed by atoms with Gasteiger partial charge in [0.25, 0.3) is 0 Å². The predicted molar refractivity (Wildman–Crippen MR) is 96.2 cm³/mol. The molecular weight excluding hydrogens is 308 g/mol. The SMILES string of the molecule is CN(C)C1(CCc2nc(Cl)cc(N3CCCC(C)(C)C3)n2)CC1. The van der Waals surface area contributed by atoms with Crippen LogP contribution in [0.1, 0.15) is 51.8 Å². The Hall–Kier alpha value is -0.870. The number of hydrogen-bond acceptors (Lipinski definition) is 4. The normalized spacial score (nSPS) is 22.4. The fourth-order valence-electron chi connectivity index (χ4n) is 3.75. The molecule has 0 unspecified atom stereocenters. The zero-order chi connectivity index (χ0) is 16.7. The zero-order valence-electron chi connectivity index (χ0n) is 14.9. The molecule has 0 bridgehead atoms. The molecule has 128 valence electrons. The summed E-state index contributed by atoms with van der Waals surface area (Å²) in [4.78, 5) is 14.0. The summed E-state index contributed by atoms with van der Waals surface area (Å²) >= 11 is 6.28. The molecule has 0 N–H and O–H groups in total. The average Bonchev–Trinajstić information content (AvgIpc) is 3.25. The van der Waals surface area contributed by atoms with Crippen LogP contribution in [0, 0.1) is 5.41 Å². The summed E-state index contributed by atoms with van der Waals surface area (Å²) in [5, 5.41) is 0.572. The summed E-state index contributed by atoms with van der Waals surface area (Å²) in [6.07, 6.45) is 7.09. The highest BCUT2D eigenvalue weighted by atomic mass is 35.5. The van der Waals surface area contributed by atoms with E-state index in [0.717, 1.165) is 37.6 Å². The highest BCUT2D eigenvalue weighted by Gasteiger charge is 2.44. The summed E-state index contributed by atoms with van der Waals surface area (Å²) in [5.74, 6) is 1.89. The van der Waals surface area contributed by atoms with Crippen molar-refractivity contribution >= 4 is 17.4 Å². The monoisotopic (exact) mass is 336 g/mol. The van der Waals surface area contributed by atoms with Crippen LogP contribution in [0.2, 0.25) is 5.15 Å². The van der Waals surface area contributed by atoms with Gasteiger partial charge < -0.3 is 9.80 Å². The van der Waals surface area contributed by atoms with E-state index in [9.17, 15) is 0 Å². The maximum atomic E-state index is 6.28. The van der Waals surface area contributed by atoms with Crippen LogP contribution in [0.4, 0.5) is 5.82 Å². The van der Waals surface area contributed by atoms with E-state index in [1.807, 2.05) is 6.07 Å². The van der Waals surface area contributed by atoms with E-state index in [-0.39, 0.29) is 0 Å². The first-order valence-corrected chi connectivity index (χ1v) is 9.13. The Labute approximate surface area is 145 Å². The smallest absolute Gasteiger partial charge is 0.134 e. The number of nitrogens with zero attached hydrogens (tertiary/aromatic N) is 4. The minimum absolute atomic E-state index is 0.346. The zero-order valence-corrected chi connectivity index (χ0v) is 15.7. The Balaban J connectivity index is 1.72. The molecule has 1 aliphatic heterocycles. The van der Waals surface area contributed by atoms with Crippen LogP contribution >= 0.6 is 11.6 Å². The van der Waals surface area contributed by atoms with Crippen LogP contribution in [0.3, 0.4) is 0 Å². The number of anilines is 1. The van der Waals surface area contributed by atoms with Crippen LogP contribution in [0.15, 0.2) is 6.07 Å². The Kier molecular flexibility index (Phi) is 4.58. The Morgan fingerprint density at radius 3 is 2.57 bits per heavy atom. The van der Waals surface area contributed by atoms with Gasteiger partial charge in [-0.25, -0.2) is 9.97 Å². The number of aryl methyl sites for hydroxylation is 1. The van der Waals surface area contributed by atoms with Crippen molar-refractivity contribution in [2.75, 3.05) is 32.1 Å². The molecule has 0 aromatic carbocycles. The quantitative estimate of drug-likeness (QED) is 0.766. The molecule has 1 aromatic heterocycles. The van der Waals surface area contributed by atoms with Gasteiger partial charge in [-0.1, -0.05) is 25.4 Å². The predicted octanol–water partition coefficient (Wildman–Crippen LogP) is 3.78. The van der Waals surface area contributed by atoms with E-state index < -0.39 is 0 Å². The topological polar surface area (TPSA) is 32.3 Å². The lowest BCUT2D eigenvalue weighted by Crippen LogP contribution is -2.40. The van der Waals surface area contributed by atoms with Crippen molar-refractivity contribution in [3.63, 3.8) is 0 Å². The molecule has 1 aromatic rings. The van der Waals surface area contributed by atoms with Crippen LogP contribution in [-0.4, -0.2) is 47.6 Å². The van der Waals surface area contributed by atoms with Crippen molar-refractivity contribution in [1.29, 1.82) is 0 Å². The largest absolute Gasteiger partial charge is 0.356 e. The highest BCUT2D eigenvalue weighted by molar-refractivity contribution is 6.29. The van der Waals surface area contributed by atoms with E-state index in [4.69, 9.17) is 16.6 Å². The molecule has 0 amide bonds. The average molecular weight is 337 g/mol. The Bertz CT molecular complexity index is 566. The first kappa shape index (κ1) is 17.0. The molecule has 0 spiro atoms. The van der Waals surface area contributed by atoms with Gasteiger partial charge in [-0.15, -0.1) is 0 Å². The molecule has 23 heavy (non-hydrogen) atoms. The number of hydrogen-bond donors (Lipinski definition) is 0. The molecule has 3 rings (SSSR count). The van der Waals surface area contributed by atoms with Gasteiger partial charge in [0.05, 0.1) is 0 Å². The summed E-state index contributed by atoms with van der Waals surface area (Å²) in [5.41, 5.74) is 0.720. The van der Waals surface area contributed by atoms with Gasteiger partial charge in [0.1, 0.15) is 16.8 Å². The van der Waals surface area contributed by atoms with Crippen LogP contribution < -0.4 is 4.90 Å². The lowest BCUT2D eigenvalue weighted by molar-refractivity contribution is 0.255. The summed E-state index contributed by atoms with van der Waals surface area (Å²) in [6, 6.07) is 1.92. The van der Waals surface area contributed by atoms with Crippen LogP contribution in [0.25, 0.3) is 0 Å². The number of aromatic nitrogens is 2. The van der Waals surface area contributed by atoms with Crippen molar-refractivity contribution in [3.05, 3.63) is 17.0 Å². The van der Waals surface area contributed by atoms with Gasteiger partial charge in [0, 0.05) is 31.1 Å². The minimum atomic E-state index is 0.346. The van der Waals surface area contributed by atoms with E-state index >= 15 is 0 Å². The molecule has 4 nitrogen and oxygen atoms in total. The lowest BCUT2D eigenvalue weighted by Gasteiger charge is -2.38. The van der Waals surface area contributed by atoms with E-state index in [0.29, 0.717) is 16.1 Å². The van der Waals surface area contributed by atoms with Gasteiger partial charge in [-0.05, 0) is 51.6 Å². The third-order valence-corrected chi connectivity index (χ3v) is 5.74. The molecular formula is C18H29ClN4. The fraction of sp³-hybridized carbons (Fsp3) is 0.778. The third-order valence-electron chi connectivity index (χ3n) is 5.54. The first-order valence-electron chi connectivity index (χ1n) is 8.76. The number of piperidine rings is 1. The molecule has 1 aliphatic carbocycles. The van der Waals surface area contributed by atoms with E-state index in [2.05, 4.69) is 42.7 Å². The maximum absolute atomic E-state index is 6.28. The fourth-order valence-corrected chi connectivity index (χ4v) is 3.95. The van der Waals surface area contributed by atoms with Crippen molar-refractivity contribution in [2.45, 2.75) is 57.9 Å². The van der Waals surface area contributed by atoms with Gasteiger partial charge in [0.15, 0.2) is 0 Å². The maximum Gasteiger partial charge on any atom is 0.134 e. The molecule has 1 saturated heterocycles. The molecule has 2 heterocycles. The van der Waals surface area contributed by atoms with Crippen molar-refractivity contribution in [3.8, 4) is 0 Å². The first-order chi connectivity index (χ1) is 10.8. The van der Waals surface area contributed by atoms with Crippen LogP contribution in [-0.2, 0) is 6.42 Å². The van der Waals surface area contributed by atoms with Gasteiger partial charge >= 0.3 is 0 Å². The molecule has 0 atom stereocenters. The summed E-state index contributed by atoms with van der Waals surface area (Å²) < 4.78 is 0. The lowest BCUT2D eigenvalue weighted by atomic mass is 9.84. The molecule has 2 aliphatic rings. The van der Waals surface area contributed by atoms with Crippen molar-refractivity contribution in [1.82, 2.24) is 14.9 Å². The van der Waals surface area contributed by atoms with Gasteiger partial charge in [-0.2, -0.15) is 0 Å². The molecule has 0 radical (unpaired) electrons. The highest BCUT2D eigenvalue weighted by Crippen LogP contribution is 2.43. The summed E-state index contributed by atoms with van der Waals surface area (Å²) in [6.45, 7) is 6.77. The minimum Gasteiger partial charge on any atom is -0.356 e. The van der Waals surface area contributed by atoms with Crippen LogP contribution in [0.5, 0.6) is 0 Å². The second kappa shape index (κ2) is 6.21. The Morgan fingerprint density at radius 2 is 1.96 bits per heavy atom. The second-order valence-corrected chi connectivity index (χ2v) is 8.66. The van der Waals surface area contributed by atoms with Gasteiger partial charge in [-0.3, -0.25) is 0 Å². The van der Waals surface area contributed by atoms with E-state index in [1.54, 1.807) is 0 Å². The van der Waals surface area contributed by atoms with E-state index in [1.165, 1.54) is 25.7 Å². The second-order valence-electron chi connectivity index (χ2n) is 8.27. The number of halogens is 1. The van der Waals surface area contributed by atoms with Crippen molar-refractivity contribution < 1.29 is 0 Å². The summed E-state index contributed by atoms with van der Waals surface area (Å²) in [7, 11) is 4.35.